The normalized spacial score (nSPS) is 13.0. The highest BCUT2D eigenvalue weighted by Gasteiger charge is 2.40. The van der Waals surface area contributed by atoms with Crippen LogP contribution in [0.5, 0.6) is 0 Å². The lowest BCUT2D eigenvalue weighted by Gasteiger charge is -2.32. The number of hydrogen-bond donors (Lipinski definition) is 1. The van der Waals surface area contributed by atoms with Crippen LogP contribution in [0, 0.1) is 5.82 Å². The number of amides is 1. The predicted octanol–water partition coefficient (Wildman–Crippen LogP) is 3.15. The molecular weight excluding hydrogens is 373 g/mol. The fourth-order valence-electron chi connectivity index (χ4n) is 2.16. The summed E-state index contributed by atoms with van der Waals surface area (Å²) in [4.78, 5) is 12.6. The minimum absolute atomic E-state index is 0.108. The minimum atomic E-state index is -4.01. The van der Waals surface area contributed by atoms with E-state index in [-0.39, 0.29) is 16.1 Å². The Kier molecular flexibility index (Phi) is 5.49. The Morgan fingerprint density at radius 2 is 1.70 bits per heavy atom. The molecule has 1 aromatic heterocycles. The maximum absolute atomic E-state index is 13.1. The Morgan fingerprint density at radius 3 is 2.19 bits per heavy atom. The second-order valence-corrected chi connectivity index (χ2v) is 9.74. The van der Waals surface area contributed by atoms with Crippen LogP contribution < -0.4 is 5.32 Å². The molecule has 0 unspecified atom stereocenters. The van der Waals surface area contributed by atoms with Gasteiger partial charge in [-0.3, -0.25) is 4.79 Å². The first kappa shape index (κ1) is 21.0. The Balaban J connectivity index is 2.24. The smallest absolute Gasteiger partial charge is 0.246 e. The van der Waals surface area contributed by atoms with Crippen LogP contribution in [0.1, 0.15) is 40.4 Å². The minimum Gasteiger partial charge on any atom is -0.359 e. The monoisotopic (exact) mass is 397 g/mol. The highest BCUT2D eigenvalue weighted by atomic mass is 32.2. The van der Waals surface area contributed by atoms with E-state index in [1.54, 1.807) is 6.07 Å². The lowest BCUT2D eigenvalue weighted by molar-refractivity contribution is -0.123. The van der Waals surface area contributed by atoms with E-state index in [9.17, 15) is 17.6 Å². The second kappa shape index (κ2) is 7.05. The van der Waals surface area contributed by atoms with Crippen molar-refractivity contribution in [2.45, 2.75) is 50.5 Å². The first-order chi connectivity index (χ1) is 12.3. The van der Waals surface area contributed by atoms with E-state index in [1.165, 1.54) is 20.9 Å². The van der Waals surface area contributed by atoms with E-state index in [4.69, 9.17) is 4.52 Å². The second-order valence-electron chi connectivity index (χ2n) is 7.77. The lowest BCUT2D eigenvalue weighted by Crippen LogP contribution is -2.53. The molecule has 1 heterocycles. The zero-order valence-electron chi connectivity index (χ0n) is 16.2. The summed E-state index contributed by atoms with van der Waals surface area (Å²) < 4.78 is 44.8. The van der Waals surface area contributed by atoms with E-state index >= 15 is 0 Å². The molecular formula is C18H24FN3O4S. The van der Waals surface area contributed by atoms with E-state index < -0.39 is 27.3 Å². The van der Waals surface area contributed by atoms with Crippen LogP contribution >= 0.6 is 0 Å². The van der Waals surface area contributed by atoms with Crippen molar-refractivity contribution in [3.8, 4) is 0 Å². The molecule has 0 saturated carbocycles. The summed E-state index contributed by atoms with van der Waals surface area (Å²) in [6.07, 6.45) is 0. The fraction of sp³-hybridized carbons (Fsp3) is 0.444. The molecule has 0 aliphatic carbocycles. The maximum atomic E-state index is 13.1. The molecule has 1 amide bonds. The predicted molar refractivity (Wildman–Crippen MR) is 99.3 cm³/mol. The van der Waals surface area contributed by atoms with Gasteiger partial charge in [0.05, 0.1) is 4.90 Å². The van der Waals surface area contributed by atoms with Gasteiger partial charge in [-0.15, -0.1) is 0 Å². The zero-order chi connectivity index (χ0) is 20.6. The molecule has 148 valence electrons. The Bertz CT molecular complexity index is 928. The summed E-state index contributed by atoms with van der Waals surface area (Å²) >= 11 is 0. The molecule has 27 heavy (non-hydrogen) atoms. The number of aromatic nitrogens is 1. The van der Waals surface area contributed by atoms with Gasteiger partial charge in [-0.2, -0.15) is 4.31 Å². The van der Waals surface area contributed by atoms with Crippen molar-refractivity contribution in [3.63, 3.8) is 0 Å². The fourth-order valence-corrected chi connectivity index (χ4v) is 3.65. The number of rotatable bonds is 5. The maximum Gasteiger partial charge on any atom is 0.246 e. The van der Waals surface area contributed by atoms with Crippen molar-refractivity contribution >= 4 is 21.7 Å². The van der Waals surface area contributed by atoms with Crippen LogP contribution in [0.15, 0.2) is 39.8 Å². The summed E-state index contributed by atoms with van der Waals surface area (Å²) in [5, 5.41) is 6.39. The molecule has 0 aliphatic rings. The third-order valence-electron chi connectivity index (χ3n) is 4.31. The third kappa shape index (κ3) is 4.36. The number of benzene rings is 1. The largest absolute Gasteiger partial charge is 0.359 e. The first-order valence-corrected chi connectivity index (χ1v) is 9.73. The number of nitrogens with one attached hydrogen (secondary N) is 1. The van der Waals surface area contributed by atoms with Gasteiger partial charge < -0.3 is 9.84 Å². The van der Waals surface area contributed by atoms with Crippen LogP contribution in [0.4, 0.5) is 10.2 Å². The van der Waals surface area contributed by atoms with Gasteiger partial charge in [-0.25, -0.2) is 12.8 Å². The summed E-state index contributed by atoms with van der Waals surface area (Å²) in [6, 6.07) is 6.02. The lowest BCUT2D eigenvalue weighted by atomic mass is 9.93. The van der Waals surface area contributed by atoms with Gasteiger partial charge in [-0.1, -0.05) is 25.9 Å². The molecule has 0 spiro atoms. The van der Waals surface area contributed by atoms with Gasteiger partial charge >= 0.3 is 0 Å². The van der Waals surface area contributed by atoms with Crippen molar-refractivity contribution in [1.82, 2.24) is 9.46 Å². The van der Waals surface area contributed by atoms with Gasteiger partial charge in [-0.05, 0) is 38.1 Å². The molecule has 7 nitrogen and oxygen atoms in total. The number of nitrogens with zero attached hydrogens (tertiary/aromatic N) is 2. The molecule has 9 heteroatoms. The summed E-state index contributed by atoms with van der Waals surface area (Å²) in [5.41, 5.74) is -1.72. The van der Waals surface area contributed by atoms with Crippen molar-refractivity contribution in [2.24, 2.45) is 0 Å². The van der Waals surface area contributed by atoms with Crippen molar-refractivity contribution in [1.29, 1.82) is 0 Å². The van der Waals surface area contributed by atoms with Gasteiger partial charge in [0.1, 0.15) is 17.1 Å². The van der Waals surface area contributed by atoms with E-state index in [0.29, 0.717) is 5.76 Å². The molecule has 0 atom stereocenters. The number of hydrogen-bond acceptors (Lipinski definition) is 5. The number of likely N-dealkylation sites (N-methyl/N-ethyl adjacent to an activating group) is 1. The van der Waals surface area contributed by atoms with Crippen LogP contribution in [0.25, 0.3) is 0 Å². The molecule has 1 aromatic carbocycles. The van der Waals surface area contributed by atoms with Crippen molar-refractivity contribution in [2.75, 3.05) is 12.4 Å². The quantitative estimate of drug-likeness (QED) is 0.837. The standard InChI is InChI=1S/C18H24FN3O4S/c1-17(2,3)14-11-15(21-26-14)20-16(23)18(4,5)22(6)27(24,25)13-9-7-12(19)8-10-13/h7-11H,1-6H3,(H,20,21,23). The average molecular weight is 397 g/mol. The number of anilines is 1. The van der Waals surface area contributed by atoms with Gasteiger partial charge in [0, 0.05) is 18.5 Å². The Labute approximate surface area is 158 Å². The highest BCUT2D eigenvalue weighted by molar-refractivity contribution is 7.89. The van der Waals surface area contributed by atoms with Gasteiger partial charge in [0.2, 0.25) is 15.9 Å². The number of halogens is 1. The van der Waals surface area contributed by atoms with Gasteiger partial charge in [0.15, 0.2) is 5.82 Å². The Morgan fingerprint density at radius 1 is 1.15 bits per heavy atom. The molecule has 2 rings (SSSR count). The molecule has 0 radical (unpaired) electrons. The number of sulfonamides is 1. The summed E-state index contributed by atoms with van der Waals surface area (Å²) in [6.45, 7) is 8.74. The van der Waals surface area contributed by atoms with Crippen LogP contribution in [0.2, 0.25) is 0 Å². The molecule has 1 N–H and O–H groups in total. The van der Waals surface area contributed by atoms with Crippen LogP contribution in [-0.4, -0.2) is 36.4 Å². The number of carbonyl (C=O) groups is 1. The van der Waals surface area contributed by atoms with E-state index in [1.807, 2.05) is 20.8 Å². The molecule has 0 aliphatic heterocycles. The van der Waals surface area contributed by atoms with Gasteiger partial charge in [0.25, 0.3) is 0 Å². The zero-order valence-corrected chi connectivity index (χ0v) is 17.0. The third-order valence-corrected chi connectivity index (χ3v) is 6.35. The molecule has 0 fully saturated rings. The summed E-state index contributed by atoms with van der Waals surface area (Å²) in [5.74, 6) is -0.341. The van der Waals surface area contributed by atoms with Crippen LogP contribution in [0.3, 0.4) is 0 Å². The number of carbonyl (C=O) groups excluding carboxylic acids is 1. The van der Waals surface area contributed by atoms with E-state index in [0.717, 1.165) is 28.6 Å². The molecule has 0 bridgehead atoms. The molecule has 0 saturated heterocycles. The molecule has 2 aromatic rings. The topological polar surface area (TPSA) is 92.5 Å². The Hall–Kier alpha value is -2.26. The van der Waals surface area contributed by atoms with E-state index in [2.05, 4.69) is 10.5 Å². The SMILES string of the molecule is CN(C(C)(C)C(=O)Nc1cc(C(C)(C)C)on1)S(=O)(=O)c1ccc(F)cc1. The van der Waals surface area contributed by atoms with Crippen LogP contribution in [-0.2, 0) is 20.2 Å². The first-order valence-electron chi connectivity index (χ1n) is 8.29. The summed E-state index contributed by atoms with van der Waals surface area (Å²) in [7, 11) is -2.71. The highest BCUT2D eigenvalue weighted by Crippen LogP contribution is 2.27. The average Bonchev–Trinajstić information content (AvgIpc) is 3.03. The van der Waals surface area contributed by atoms with Crippen molar-refractivity contribution < 1.29 is 22.1 Å². The van der Waals surface area contributed by atoms with Crippen molar-refractivity contribution in [3.05, 3.63) is 41.9 Å².